The number of carboxylic acids is 1. The number of carbonyl (C=O) groups excluding carboxylic acids is 1. The van der Waals surface area contributed by atoms with E-state index in [0.717, 1.165) is 12.1 Å². The number of halogens is 2. The molecule has 1 rings (SSSR count). The van der Waals surface area contributed by atoms with Gasteiger partial charge in [0.15, 0.2) is 0 Å². The van der Waals surface area contributed by atoms with Gasteiger partial charge in [-0.2, -0.15) is 0 Å². The lowest BCUT2D eigenvalue weighted by Gasteiger charge is -2.17. The van der Waals surface area contributed by atoms with E-state index in [1.807, 2.05) is 0 Å². The summed E-state index contributed by atoms with van der Waals surface area (Å²) in [6, 6.07) is 2.24. The Morgan fingerprint density at radius 1 is 1.32 bits per heavy atom. The average molecular weight is 271 g/mol. The van der Waals surface area contributed by atoms with Crippen molar-refractivity contribution in [2.75, 3.05) is 0 Å². The molecule has 1 aromatic carbocycles. The van der Waals surface area contributed by atoms with Crippen LogP contribution in [0.5, 0.6) is 0 Å². The van der Waals surface area contributed by atoms with Crippen molar-refractivity contribution in [3.63, 3.8) is 0 Å². The van der Waals surface area contributed by atoms with Crippen LogP contribution in [0.2, 0.25) is 0 Å². The number of hydrogen-bond donors (Lipinski definition) is 2. The second-order valence-corrected chi connectivity index (χ2v) is 4.16. The number of carboxylic acid groups (broad SMARTS) is 1. The number of nitrogens with one attached hydrogen (secondary N) is 1. The van der Waals surface area contributed by atoms with Gasteiger partial charge in [0.25, 0.3) is 0 Å². The zero-order chi connectivity index (χ0) is 14.6. The summed E-state index contributed by atoms with van der Waals surface area (Å²) in [5.74, 6) is -4.66. The normalized spacial score (nSPS) is 13.7. The molecule has 2 unspecified atom stereocenters. The van der Waals surface area contributed by atoms with Crippen molar-refractivity contribution < 1.29 is 23.5 Å². The van der Waals surface area contributed by atoms with E-state index in [9.17, 15) is 18.4 Å². The first-order valence-corrected chi connectivity index (χ1v) is 5.85. The Labute approximate surface area is 109 Å². The topological polar surface area (TPSA) is 66.4 Å². The molecule has 1 aromatic rings. The summed E-state index contributed by atoms with van der Waals surface area (Å²) < 4.78 is 27.0. The van der Waals surface area contributed by atoms with E-state index in [1.54, 1.807) is 6.92 Å². The second-order valence-electron chi connectivity index (χ2n) is 4.16. The molecule has 104 valence electrons. The third kappa shape index (κ3) is 3.49. The van der Waals surface area contributed by atoms with Crippen molar-refractivity contribution in [2.45, 2.75) is 32.2 Å². The van der Waals surface area contributed by atoms with E-state index in [1.165, 1.54) is 13.0 Å². The molecule has 0 heterocycles. The van der Waals surface area contributed by atoms with Crippen molar-refractivity contribution in [1.82, 2.24) is 5.32 Å². The fourth-order valence-corrected chi connectivity index (χ4v) is 1.69. The van der Waals surface area contributed by atoms with Crippen LogP contribution in [0.1, 0.15) is 31.7 Å². The van der Waals surface area contributed by atoms with Crippen LogP contribution in [0.15, 0.2) is 18.2 Å². The Hall–Kier alpha value is -1.98. The molecule has 6 heteroatoms. The Balaban J connectivity index is 2.91. The molecular formula is C13H15F2NO3. The first-order chi connectivity index (χ1) is 8.88. The van der Waals surface area contributed by atoms with Crippen LogP contribution < -0.4 is 5.32 Å². The Bertz CT molecular complexity index is 471. The zero-order valence-corrected chi connectivity index (χ0v) is 10.6. The van der Waals surface area contributed by atoms with Crippen molar-refractivity contribution in [2.24, 2.45) is 0 Å². The highest BCUT2D eigenvalue weighted by Gasteiger charge is 2.26. The molecule has 0 aromatic heterocycles. The monoisotopic (exact) mass is 271 g/mol. The van der Waals surface area contributed by atoms with E-state index >= 15 is 0 Å². The van der Waals surface area contributed by atoms with Crippen LogP contribution in [-0.4, -0.2) is 23.0 Å². The highest BCUT2D eigenvalue weighted by atomic mass is 19.1. The fourth-order valence-electron chi connectivity index (χ4n) is 1.69. The molecule has 4 nitrogen and oxygen atoms in total. The van der Waals surface area contributed by atoms with E-state index < -0.39 is 35.5 Å². The van der Waals surface area contributed by atoms with Gasteiger partial charge in [-0.1, -0.05) is 13.0 Å². The minimum Gasteiger partial charge on any atom is -0.480 e. The molecule has 0 aliphatic carbocycles. The number of benzene rings is 1. The molecule has 2 N–H and O–H groups in total. The van der Waals surface area contributed by atoms with Gasteiger partial charge < -0.3 is 10.4 Å². The molecular weight excluding hydrogens is 256 g/mol. The third-order valence-corrected chi connectivity index (χ3v) is 2.85. The first-order valence-electron chi connectivity index (χ1n) is 5.85. The average Bonchev–Trinajstić information content (AvgIpc) is 2.34. The molecule has 19 heavy (non-hydrogen) atoms. The van der Waals surface area contributed by atoms with Gasteiger partial charge in [-0.3, -0.25) is 4.79 Å². The number of hydrogen-bond acceptors (Lipinski definition) is 2. The summed E-state index contributed by atoms with van der Waals surface area (Å²) >= 11 is 0. The summed E-state index contributed by atoms with van der Waals surface area (Å²) in [6.45, 7) is 2.92. The minimum atomic E-state index is -1.18. The molecule has 0 aliphatic rings. The number of amides is 1. The molecule has 0 aliphatic heterocycles. The second kappa shape index (κ2) is 6.26. The molecule has 0 spiro atoms. The van der Waals surface area contributed by atoms with Gasteiger partial charge in [-0.05, 0) is 25.5 Å². The zero-order valence-electron chi connectivity index (χ0n) is 10.6. The van der Waals surface area contributed by atoms with Crippen molar-refractivity contribution in [3.05, 3.63) is 35.4 Å². The van der Waals surface area contributed by atoms with Gasteiger partial charge >= 0.3 is 5.97 Å². The van der Waals surface area contributed by atoms with Crippen molar-refractivity contribution in [3.8, 4) is 0 Å². The Morgan fingerprint density at radius 3 is 2.26 bits per heavy atom. The lowest BCUT2D eigenvalue weighted by atomic mass is 9.98. The number of carbonyl (C=O) groups is 2. The Morgan fingerprint density at radius 2 is 1.84 bits per heavy atom. The van der Waals surface area contributed by atoms with E-state index in [-0.39, 0.29) is 12.0 Å². The van der Waals surface area contributed by atoms with E-state index in [4.69, 9.17) is 5.11 Å². The van der Waals surface area contributed by atoms with Gasteiger partial charge in [-0.25, -0.2) is 13.6 Å². The summed E-state index contributed by atoms with van der Waals surface area (Å²) in [4.78, 5) is 22.6. The highest BCUT2D eigenvalue weighted by Crippen LogP contribution is 2.22. The van der Waals surface area contributed by atoms with Crippen molar-refractivity contribution in [1.29, 1.82) is 0 Å². The maximum absolute atomic E-state index is 13.5. The van der Waals surface area contributed by atoms with Crippen LogP contribution in [0.3, 0.4) is 0 Å². The molecule has 0 radical (unpaired) electrons. The van der Waals surface area contributed by atoms with Crippen LogP contribution >= 0.6 is 0 Å². The van der Waals surface area contributed by atoms with Gasteiger partial charge in [0.05, 0.1) is 5.92 Å². The molecule has 0 saturated heterocycles. The summed E-state index contributed by atoms with van der Waals surface area (Å²) in [5, 5.41) is 11.1. The smallest absolute Gasteiger partial charge is 0.326 e. The summed E-state index contributed by atoms with van der Waals surface area (Å²) in [6.07, 6.45) is 0.188. The molecule has 0 fully saturated rings. The first kappa shape index (κ1) is 15.1. The lowest BCUT2D eigenvalue weighted by molar-refractivity contribution is -0.142. The lowest BCUT2D eigenvalue weighted by Crippen LogP contribution is -2.42. The van der Waals surface area contributed by atoms with Gasteiger partial charge in [0.1, 0.15) is 17.7 Å². The molecule has 1 amide bonds. The van der Waals surface area contributed by atoms with Crippen LogP contribution in [0.4, 0.5) is 8.78 Å². The van der Waals surface area contributed by atoms with Crippen molar-refractivity contribution >= 4 is 11.9 Å². The van der Waals surface area contributed by atoms with Gasteiger partial charge in [-0.15, -0.1) is 0 Å². The number of aliphatic carboxylic acids is 1. The van der Waals surface area contributed by atoms with Crippen LogP contribution in [0, 0.1) is 11.6 Å². The predicted octanol–water partition coefficient (Wildman–Crippen LogP) is 2.05. The summed E-state index contributed by atoms with van der Waals surface area (Å²) in [5.41, 5.74) is -0.361. The number of rotatable bonds is 5. The maximum Gasteiger partial charge on any atom is 0.326 e. The minimum absolute atomic E-state index is 0.188. The van der Waals surface area contributed by atoms with Gasteiger partial charge in [0.2, 0.25) is 5.91 Å². The quantitative estimate of drug-likeness (QED) is 0.861. The third-order valence-electron chi connectivity index (χ3n) is 2.85. The molecule has 0 saturated carbocycles. The van der Waals surface area contributed by atoms with E-state index in [2.05, 4.69) is 5.32 Å². The molecule has 0 bridgehead atoms. The molecule has 2 atom stereocenters. The highest BCUT2D eigenvalue weighted by molar-refractivity contribution is 5.87. The standard InChI is InChI=1S/C13H15F2NO3/c1-3-10(13(18)19)16-12(17)7(2)11-8(14)5-4-6-9(11)15/h4-7,10H,3H2,1-2H3,(H,16,17)(H,18,19). The fraction of sp³-hybridized carbons (Fsp3) is 0.385. The van der Waals surface area contributed by atoms with Crippen LogP contribution in [0.25, 0.3) is 0 Å². The maximum atomic E-state index is 13.5. The van der Waals surface area contributed by atoms with E-state index in [0.29, 0.717) is 0 Å². The van der Waals surface area contributed by atoms with Crippen LogP contribution in [-0.2, 0) is 9.59 Å². The predicted molar refractivity (Wildman–Crippen MR) is 64.6 cm³/mol. The largest absolute Gasteiger partial charge is 0.480 e. The SMILES string of the molecule is CCC(NC(=O)C(C)c1c(F)cccc1F)C(=O)O. The van der Waals surface area contributed by atoms with Gasteiger partial charge in [0, 0.05) is 5.56 Å². The Kier molecular flexibility index (Phi) is 4.97. The summed E-state index contributed by atoms with van der Waals surface area (Å²) in [7, 11) is 0.